The quantitative estimate of drug-likeness (QED) is 0.732. The molecule has 0 spiro atoms. The maximum atomic E-state index is 11.7. The lowest BCUT2D eigenvalue weighted by Crippen LogP contribution is -2.25. The van der Waals surface area contributed by atoms with Crippen LogP contribution in [0.2, 0.25) is 0 Å². The van der Waals surface area contributed by atoms with Crippen molar-refractivity contribution in [2.75, 3.05) is 19.0 Å². The van der Waals surface area contributed by atoms with Gasteiger partial charge in [-0.25, -0.2) is 4.98 Å². The third-order valence-electron chi connectivity index (χ3n) is 2.42. The van der Waals surface area contributed by atoms with Crippen LogP contribution in [0.1, 0.15) is 32.4 Å². The van der Waals surface area contributed by atoms with Gasteiger partial charge in [-0.3, -0.25) is 10.1 Å². The van der Waals surface area contributed by atoms with Gasteiger partial charge in [-0.15, -0.1) is 0 Å². The Kier molecular flexibility index (Phi) is 6.21. The van der Waals surface area contributed by atoms with Crippen molar-refractivity contribution in [2.24, 2.45) is 0 Å². The van der Waals surface area contributed by atoms with Crippen LogP contribution in [0, 0.1) is 6.92 Å². The predicted octanol–water partition coefficient (Wildman–Crippen LogP) is 1.51. The number of methoxy groups -OCH3 is 1. The summed E-state index contributed by atoms with van der Waals surface area (Å²) in [5.41, 5.74) is 0.753. The fourth-order valence-electron chi connectivity index (χ4n) is 1.53. The highest BCUT2D eigenvalue weighted by atomic mass is 16.5. The lowest BCUT2D eigenvalue weighted by Gasteiger charge is -2.08. The monoisotopic (exact) mass is 266 g/mol. The third kappa shape index (κ3) is 6.15. The summed E-state index contributed by atoms with van der Waals surface area (Å²) >= 11 is 0. The Morgan fingerprint density at radius 2 is 2.16 bits per heavy atom. The summed E-state index contributed by atoms with van der Waals surface area (Å²) in [5, 5.41) is 5.94. The first-order valence-corrected chi connectivity index (χ1v) is 6.44. The van der Waals surface area contributed by atoms with Crippen molar-refractivity contribution in [3.05, 3.63) is 11.8 Å². The van der Waals surface area contributed by atoms with Crippen molar-refractivity contribution in [1.82, 2.24) is 15.3 Å². The Labute approximate surface area is 114 Å². The minimum atomic E-state index is -0.0850. The van der Waals surface area contributed by atoms with Gasteiger partial charge in [0, 0.05) is 24.2 Å². The van der Waals surface area contributed by atoms with Crippen LogP contribution in [-0.4, -0.2) is 35.6 Å². The molecule has 0 unspecified atom stereocenters. The number of amides is 1. The second kappa shape index (κ2) is 7.68. The molecule has 0 aliphatic carbocycles. The maximum Gasteiger partial charge on any atom is 0.232 e. The van der Waals surface area contributed by atoms with Gasteiger partial charge in [0.25, 0.3) is 0 Å². The summed E-state index contributed by atoms with van der Waals surface area (Å²) < 4.78 is 5.03. The Morgan fingerprint density at radius 1 is 1.42 bits per heavy atom. The first kappa shape index (κ1) is 15.4. The molecule has 6 nitrogen and oxygen atoms in total. The Morgan fingerprint density at radius 3 is 2.79 bits per heavy atom. The number of hydrogen-bond donors (Lipinski definition) is 2. The number of nitrogens with zero attached hydrogens (tertiary/aromatic N) is 2. The van der Waals surface area contributed by atoms with E-state index in [-0.39, 0.29) is 5.91 Å². The lowest BCUT2D eigenvalue weighted by atomic mass is 10.3. The molecular formula is C13H22N4O2. The van der Waals surface area contributed by atoms with Crippen LogP contribution in [0.3, 0.4) is 0 Å². The van der Waals surface area contributed by atoms with Crippen LogP contribution in [0.4, 0.5) is 5.95 Å². The van der Waals surface area contributed by atoms with Gasteiger partial charge >= 0.3 is 0 Å². The van der Waals surface area contributed by atoms with Crippen LogP contribution in [0.15, 0.2) is 6.07 Å². The third-order valence-corrected chi connectivity index (χ3v) is 2.42. The number of ether oxygens (including phenoxy) is 1. The van der Waals surface area contributed by atoms with E-state index in [1.54, 1.807) is 6.07 Å². The normalized spacial score (nSPS) is 10.6. The number of carbonyl (C=O) groups excluding carboxylic acids is 1. The van der Waals surface area contributed by atoms with Gasteiger partial charge in [0.1, 0.15) is 0 Å². The number of carbonyl (C=O) groups is 1. The Balaban J connectivity index is 2.41. The molecule has 1 aromatic heterocycles. The number of nitrogens with one attached hydrogen (secondary N) is 2. The average Bonchev–Trinajstić information content (AvgIpc) is 2.33. The second-order valence-electron chi connectivity index (χ2n) is 4.64. The molecule has 19 heavy (non-hydrogen) atoms. The van der Waals surface area contributed by atoms with Crippen molar-refractivity contribution >= 4 is 11.9 Å². The summed E-state index contributed by atoms with van der Waals surface area (Å²) in [6.07, 6.45) is 1.23. The molecule has 0 aromatic carbocycles. The fourth-order valence-corrected chi connectivity index (χ4v) is 1.53. The zero-order chi connectivity index (χ0) is 14.3. The number of anilines is 1. The molecule has 0 aliphatic heterocycles. The summed E-state index contributed by atoms with van der Waals surface area (Å²) in [7, 11) is 1.53. The van der Waals surface area contributed by atoms with Crippen molar-refractivity contribution in [1.29, 1.82) is 0 Å². The molecule has 1 heterocycles. The molecule has 1 rings (SSSR count). The van der Waals surface area contributed by atoms with Crippen LogP contribution >= 0.6 is 0 Å². The van der Waals surface area contributed by atoms with E-state index in [2.05, 4.69) is 34.4 Å². The Bertz CT molecular complexity index is 421. The van der Waals surface area contributed by atoms with Gasteiger partial charge in [0.15, 0.2) is 0 Å². The van der Waals surface area contributed by atoms with E-state index in [1.165, 1.54) is 7.11 Å². The molecule has 106 valence electrons. The van der Waals surface area contributed by atoms with Gasteiger partial charge in [0.05, 0.1) is 7.11 Å². The number of aromatic nitrogens is 2. The van der Waals surface area contributed by atoms with Crippen molar-refractivity contribution in [2.45, 2.75) is 39.7 Å². The van der Waals surface area contributed by atoms with Gasteiger partial charge in [-0.2, -0.15) is 4.98 Å². The lowest BCUT2D eigenvalue weighted by molar-refractivity contribution is -0.116. The molecular weight excluding hydrogens is 244 g/mol. The molecule has 6 heteroatoms. The van der Waals surface area contributed by atoms with Gasteiger partial charge in [-0.05, 0) is 19.9 Å². The summed E-state index contributed by atoms with van der Waals surface area (Å²) in [6, 6.07) is 2.15. The Hall–Kier alpha value is -1.69. The van der Waals surface area contributed by atoms with E-state index < -0.39 is 0 Å². The molecule has 0 bridgehead atoms. The topological polar surface area (TPSA) is 76.1 Å². The minimum absolute atomic E-state index is 0.0850. The molecule has 0 saturated heterocycles. The highest BCUT2D eigenvalue weighted by molar-refractivity contribution is 5.88. The number of hydrogen-bond acceptors (Lipinski definition) is 5. The maximum absolute atomic E-state index is 11.7. The molecule has 0 saturated carbocycles. The van der Waals surface area contributed by atoms with E-state index in [0.29, 0.717) is 24.3 Å². The second-order valence-corrected chi connectivity index (χ2v) is 4.64. The summed E-state index contributed by atoms with van der Waals surface area (Å²) in [5.74, 6) is 0.654. The highest BCUT2D eigenvalue weighted by Gasteiger charge is 2.07. The molecule has 2 N–H and O–H groups in total. The largest absolute Gasteiger partial charge is 0.481 e. The zero-order valence-electron chi connectivity index (χ0n) is 12.0. The first-order chi connectivity index (χ1) is 9.01. The van der Waals surface area contributed by atoms with Gasteiger partial charge in [-0.1, -0.05) is 13.8 Å². The van der Waals surface area contributed by atoms with E-state index in [9.17, 15) is 4.79 Å². The molecule has 0 aliphatic rings. The van der Waals surface area contributed by atoms with Crippen LogP contribution in [-0.2, 0) is 4.79 Å². The van der Waals surface area contributed by atoms with Crippen molar-refractivity contribution < 1.29 is 9.53 Å². The molecule has 0 atom stereocenters. The van der Waals surface area contributed by atoms with E-state index in [4.69, 9.17) is 4.74 Å². The predicted molar refractivity (Wildman–Crippen MR) is 74.3 cm³/mol. The van der Waals surface area contributed by atoms with E-state index >= 15 is 0 Å². The van der Waals surface area contributed by atoms with E-state index in [1.807, 2.05) is 6.92 Å². The summed E-state index contributed by atoms with van der Waals surface area (Å²) in [4.78, 5) is 19.9. The fraction of sp³-hybridized carbons (Fsp3) is 0.615. The zero-order valence-corrected chi connectivity index (χ0v) is 12.0. The summed E-state index contributed by atoms with van der Waals surface area (Å²) in [6.45, 7) is 6.80. The first-order valence-electron chi connectivity index (χ1n) is 6.44. The SMILES string of the molecule is COc1cc(C)nc(NC(=O)CCCNC(C)C)n1. The standard InChI is InChI=1S/C13H22N4O2/c1-9(2)14-7-5-6-11(18)16-13-15-10(3)8-12(17-13)19-4/h8-9,14H,5-7H2,1-4H3,(H,15,16,17,18). The molecule has 1 amide bonds. The van der Waals surface area contributed by atoms with Crippen molar-refractivity contribution in [3.8, 4) is 5.88 Å². The van der Waals surface area contributed by atoms with Crippen molar-refractivity contribution in [3.63, 3.8) is 0 Å². The smallest absolute Gasteiger partial charge is 0.232 e. The highest BCUT2D eigenvalue weighted by Crippen LogP contribution is 2.11. The average molecular weight is 266 g/mol. The number of rotatable bonds is 7. The van der Waals surface area contributed by atoms with Gasteiger partial charge < -0.3 is 10.1 Å². The van der Waals surface area contributed by atoms with E-state index in [0.717, 1.165) is 18.7 Å². The molecule has 0 radical (unpaired) electrons. The van der Waals surface area contributed by atoms with Gasteiger partial charge in [0.2, 0.25) is 17.7 Å². The van der Waals surface area contributed by atoms with Crippen LogP contribution < -0.4 is 15.4 Å². The minimum Gasteiger partial charge on any atom is -0.481 e. The van der Waals surface area contributed by atoms with Crippen LogP contribution in [0.25, 0.3) is 0 Å². The number of aryl methyl sites for hydroxylation is 1. The molecule has 0 fully saturated rings. The molecule has 1 aromatic rings. The van der Waals surface area contributed by atoms with Crippen LogP contribution in [0.5, 0.6) is 5.88 Å².